The Kier molecular flexibility index (Phi) is 5.04. The SMILES string of the molecule is Cc1cc(OCC(=O)NNC(=O)CC23CC4CC(CC(O)(C4)C2)C3)ccc1Cl. The second kappa shape index (κ2) is 7.23. The number of carbonyl (C=O) groups excluding carboxylic acids is 2. The molecule has 4 saturated carbocycles. The van der Waals surface area contributed by atoms with E-state index in [1.807, 2.05) is 6.92 Å². The van der Waals surface area contributed by atoms with Gasteiger partial charge in [0.05, 0.1) is 5.60 Å². The Morgan fingerprint density at radius 2 is 1.86 bits per heavy atom. The average molecular weight is 407 g/mol. The van der Waals surface area contributed by atoms with Gasteiger partial charge in [-0.25, -0.2) is 0 Å². The lowest BCUT2D eigenvalue weighted by Gasteiger charge is -2.60. The molecule has 6 nitrogen and oxygen atoms in total. The largest absolute Gasteiger partial charge is 0.484 e. The minimum atomic E-state index is -0.585. The third kappa shape index (κ3) is 4.13. The third-order valence-corrected chi connectivity index (χ3v) is 6.95. The van der Waals surface area contributed by atoms with Gasteiger partial charge in [-0.05, 0) is 86.5 Å². The van der Waals surface area contributed by atoms with E-state index in [1.165, 1.54) is 6.42 Å². The number of nitrogens with one attached hydrogen (secondary N) is 2. The van der Waals surface area contributed by atoms with Gasteiger partial charge in [0.2, 0.25) is 5.91 Å². The van der Waals surface area contributed by atoms with Crippen LogP contribution in [0.5, 0.6) is 5.75 Å². The lowest BCUT2D eigenvalue weighted by Crippen LogP contribution is -2.57. The average Bonchev–Trinajstić information content (AvgIpc) is 2.58. The van der Waals surface area contributed by atoms with Crippen molar-refractivity contribution in [2.45, 2.75) is 57.5 Å². The summed E-state index contributed by atoms with van der Waals surface area (Å²) in [4.78, 5) is 24.4. The summed E-state index contributed by atoms with van der Waals surface area (Å²) in [6, 6.07) is 5.16. The van der Waals surface area contributed by atoms with Gasteiger partial charge in [-0.15, -0.1) is 0 Å². The molecule has 2 unspecified atom stereocenters. The molecule has 2 amide bonds. The Morgan fingerprint density at radius 3 is 2.50 bits per heavy atom. The Bertz CT molecular complexity index is 783. The Morgan fingerprint density at radius 1 is 1.18 bits per heavy atom. The second-order valence-electron chi connectivity index (χ2n) is 9.16. The van der Waals surface area contributed by atoms with Gasteiger partial charge in [0.1, 0.15) is 5.75 Å². The Hall–Kier alpha value is -1.79. The van der Waals surface area contributed by atoms with Crippen molar-refractivity contribution in [1.82, 2.24) is 10.9 Å². The molecule has 0 aliphatic heterocycles. The number of aliphatic hydroxyl groups is 1. The number of benzene rings is 1. The highest BCUT2D eigenvalue weighted by molar-refractivity contribution is 6.31. The van der Waals surface area contributed by atoms with E-state index in [1.54, 1.807) is 18.2 Å². The van der Waals surface area contributed by atoms with Crippen LogP contribution in [0.1, 0.15) is 50.5 Å². The smallest absolute Gasteiger partial charge is 0.276 e. The van der Waals surface area contributed by atoms with Gasteiger partial charge in [-0.3, -0.25) is 20.4 Å². The maximum Gasteiger partial charge on any atom is 0.276 e. The highest BCUT2D eigenvalue weighted by atomic mass is 35.5. The fraction of sp³-hybridized carbons (Fsp3) is 0.619. The Balaban J connectivity index is 1.24. The monoisotopic (exact) mass is 406 g/mol. The van der Waals surface area contributed by atoms with E-state index in [0.29, 0.717) is 35.4 Å². The molecule has 5 rings (SSSR count). The molecule has 4 fully saturated rings. The summed E-state index contributed by atoms with van der Waals surface area (Å²) in [5.41, 5.74) is 5.08. The summed E-state index contributed by atoms with van der Waals surface area (Å²) in [6.07, 6.45) is 6.01. The van der Waals surface area contributed by atoms with Crippen LogP contribution in [0.15, 0.2) is 18.2 Å². The van der Waals surface area contributed by atoms with Gasteiger partial charge in [0.15, 0.2) is 6.61 Å². The standard InChI is InChI=1S/C21H27ClN2O4/c1-13-4-16(2-3-17(13)22)28-11-19(26)24-23-18(25)10-20-6-14-5-15(7-20)9-21(27,8-14)12-20/h2-4,14-15,27H,5-12H2,1H3,(H,23,25)(H,24,26). The van der Waals surface area contributed by atoms with E-state index in [9.17, 15) is 14.7 Å². The molecule has 1 aromatic rings. The summed E-state index contributed by atoms with van der Waals surface area (Å²) in [7, 11) is 0. The predicted molar refractivity (Wildman–Crippen MR) is 105 cm³/mol. The van der Waals surface area contributed by atoms with E-state index in [2.05, 4.69) is 10.9 Å². The molecule has 152 valence electrons. The molecule has 28 heavy (non-hydrogen) atoms. The number of carbonyl (C=O) groups is 2. The quantitative estimate of drug-likeness (QED) is 0.656. The fourth-order valence-corrected chi connectivity index (χ4v) is 6.14. The predicted octanol–water partition coefficient (Wildman–Crippen LogP) is 2.90. The van der Waals surface area contributed by atoms with Crippen LogP contribution in [0, 0.1) is 24.2 Å². The second-order valence-corrected chi connectivity index (χ2v) is 9.57. The van der Waals surface area contributed by atoms with Crippen molar-refractivity contribution >= 4 is 23.4 Å². The van der Waals surface area contributed by atoms with Gasteiger partial charge in [0.25, 0.3) is 5.91 Å². The third-order valence-electron chi connectivity index (χ3n) is 6.53. The number of aryl methyl sites for hydroxylation is 1. The van der Waals surface area contributed by atoms with E-state index in [-0.39, 0.29) is 17.9 Å². The maximum absolute atomic E-state index is 12.4. The first kappa shape index (κ1) is 19.5. The van der Waals surface area contributed by atoms with Crippen LogP contribution in [0.3, 0.4) is 0 Å². The van der Waals surface area contributed by atoms with Crippen LogP contribution < -0.4 is 15.6 Å². The molecule has 0 heterocycles. The first-order chi connectivity index (χ1) is 13.2. The minimum Gasteiger partial charge on any atom is -0.484 e. The number of halogens is 1. The summed E-state index contributed by atoms with van der Waals surface area (Å²) in [5.74, 6) is 0.978. The molecule has 4 aliphatic rings. The number of rotatable bonds is 5. The van der Waals surface area contributed by atoms with E-state index in [4.69, 9.17) is 16.3 Å². The number of hydrazine groups is 1. The molecule has 0 saturated heterocycles. The summed E-state index contributed by atoms with van der Waals surface area (Å²) in [6.45, 7) is 1.66. The Labute approximate surface area is 169 Å². The molecule has 7 heteroatoms. The van der Waals surface area contributed by atoms with Gasteiger partial charge in [-0.2, -0.15) is 0 Å². The van der Waals surface area contributed by atoms with Gasteiger partial charge >= 0.3 is 0 Å². The number of hydrogen-bond donors (Lipinski definition) is 3. The van der Waals surface area contributed by atoms with E-state index >= 15 is 0 Å². The zero-order chi connectivity index (χ0) is 19.9. The van der Waals surface area contributed by atoms with Crippen LogP contribution in [-0.4, -0.2) is 29.1 Å². The van der Waals surface area contributed by atoms with Gasteiger partial charge in [-0.1, -0.05) is 11.6 Å². The van der Waals surface area contributed by atoms with Crippen LogP contribution >= 0.6 is 11.6 Å². The topological polar surface area (TPSA) is 87.7 Å². The zero-order valence-electron chi connectivity index (χ0n) is 16.1. The van der Waals surface area contributed by atoms with Crippen molar-refractivity contribution in [3.05, 3.63) is 28.8 Å². The van der Waals surface area contributed by atoms with Crippen molar-refractivity contribution in [3.8, 4) is 5.75 Å². The summed E-state index contributed by atoms with van der Waals surface area (Å²) in [5, 5.41) is 11.4. The van der Waals surface area contributed by atoms with E-state index in [0.717, 1.165) is 31.2 Å². The number of amides is 2. The summed E-state index contributed by atoms with van der Waals surface area (Å²) >= 11 is 5.97. The molecular formula is C21H27ClN2O4. The highest BCUT2D eigenvalue weighted by Crippen LogP contribution is 2.62. The van der Waals surface area contributed by atoms with Crippen LogP contribution in [0.25, 0.3) is 0 Å². The molecule has 1 aromatic carbocycles. The minimum absolute atomic E-state index is 0.120. The molecular weight excluding hydrogens is 380 g/mol. The molecule has 0 radical (unpaired) electrons. The van der Waals surface area contributed by atoms with Crippen LogP contribution in [0.4, 0.5) is 0 Å². The summed E-state index contributed by atoms with van der Waals surface area (Å²) < 4.78 is 5.43. The van der Waals surface area contributed by atoms with Crippen molar-refractivity contribution in [2.24, 2.45) is 17.3 Å². The molecule has 0 spiro atoms. The fourth-order valence-electron chi connectivity index (χ4n) is 6.02. The van der Waals surface area contributed by atoms with Crippen LogP contribution in [-0.2, 0) is 9.59 Å². The van der Waals surface area contributed by atoms with Crippen LogP contribution in [0.2, 0.25) is 5.02 Å². The van der Waals surface area contributed by atoms with Crippen molar-refractivity contribution in [3.63, 3.8) is 0 Å². The van der Waals surface area contributed by atoms with Crippen molar-refractivity contribution < 1.29 is 19.4 Å². The number of hydrogen-bond acceptors (Lipinski definition) is 4. The van der Waals surface area contributed by atoms with Crippen molar-refractivity contribution in [1.29, 1.82) is 0 Å². The first-order valence-corrected chi connectivity index (χ1v) is 10.3. The molecule has 0 aromatic heterocycles. The molecule has 4 bridgehead atoms. The number of ether oxygens (including phenoxy) is 1. The highest BCUT2D eigenvalue weighted by Gasteiger charge is 2.57. The van der Waals surface area contributed by atoms with Gasteiger partial charge < -0.3 is 9.84 Å². The molecule has 3 N–H and O–H groups in total. The maximum atomic E-state index is 12.4. The van der Waals surface area contributed by atoms with Gasteiger partial charge in [0, 0.05) is 11.4 Å². The molecule has 2 atom stereocenters. The normalized spacial score (nSPS) is 32.8. The molecule has 4 aliphatic carbocycles. The lowest BCUT2D eigenvalue weighted by atomic mass is 9.47. The lowest BCUT2D eigenvalue weighted by molar-refractivity contribution is -0.169. The zero-order valence-corrected chi connectivity index (χ0v) is 16.8. The van der Waals surface area contributed by atoms with Crippen molar-refractivity contribution in [2.75, 3.05) is 6.61 Å². The van der Waals surface area contributed by atoms with E-state index < -0.39 is 11.5 Å². The first-order valence-electron chi connectivity index (χ1n) is 9.93.